The minimum absolute atomic E-state index is 0.0261. The Bertz CT molecular complexity index is 1150. The van der Waals surface area contributed by atoms with Crippen molar-refractivity contribution >= 4 is 11.5 Å². The van der Waals surface area contributed by atoms with Gasteiger partial charge in [0.1, 0.15) is 11.6 Å². The van der Waals surface area contributed by atoms with E-state index in [2.05, 4.69) is 31.2 Å². The quantitative estimate of drug-likeness (QED) is 0.554. The van der Waals surface area contributed by atoms with Gasteiger partial charge in [0.05, 0.1) is 18.0 Å². The predicted octanol–water partition coefficient (Wildman–Crippen LogP) is 4.25. The molecule has 0 radical (unpaired) electrons. The van der Waals surface area contributed by atoms with Crippen molar-refractivity contribution in [1.82, 2.24) is 14.6 Å². The van der Waals surface area contributed by atoms with Crippen molar-refractivity contribution in [3.8, 4) is 22.4 Å². The van der Waals surface area contributed by atoms with E-state index in [-0.39, 0.29) is 12.4 Å². The molecule has 0 aliphatic rings. The number of hydrogen-bond donors (Lipinski definition) is 1. The Balaban J connectivity index is 2.00. The number of nitrogens with zero attached hydrogens (tertiary/aromatic N) is 4. The van der Waals surface area contributed by atoms with E-state index < -0.39 is 0 Å². The molecule has 29 heavy (non-hydrogen) atoms. The Morgan fingerprint density at radius 3 is 2.31 bits per heavy atom. The second kappa shape index (κ2) is 7.64. The number of benzene rings is 2. The van der Waals surface area contributed by atoms with Gasteiger partial charge in [0.25, 0.3) is 0 Å². The zero-order valence-electron chi connectivity index (χ0n) is 16.7. The average molecular weight is 390 g/mol. The van der Waals surface area contributed by atoms with Gasteiger partial charge in [-0.25, -0.2) is 13.9 Å². The zero-order chi connectivity index (χ0) is 20.5. The molecular formula is C23H23FN4O. The third-order valence-electron chi connectivity index (χ3n) is 5.06. The van der Waals surface area contributed by atoms with Crippen LogP contribution in [-0.4, -0.2) is 39.9 Å². The summed E-state index contributed by atoms with van der Waals surface area (Å²) in [4.78, 5) is 6.76. The van der Waals surface area contributed by atoms with Gasteiger partial charge in [0.15, 0.2) is 5.65 Å². The molecule has 5 nitrogen and oxygen atoms in total. The van der Waals surface area contributed by atoms with Crippen LogP contribution in [0, 0.1) is 19.7 Å². The molecule has 0 saturated carbocycles. The summed E-state index contributed by atoms with van der Waals surface area (Å²) in [7, 11) is 1.89. The van der Waals surface area contributed by atoms with Gasteiger partial charge in [-0.3, -0.25) is 0 Å². The number of anilines is 1. The average Bonchev–Trinajstić information content (AvgIpc) is 3.04. The lowest BCUT2D eigenvalue weighted by Gasteiger charge is -2.18. The van der Waals surface area contributed by atoms with Crippen LogP contribution < -0.4 is 4.90 Å². The van der Waals surface area contributed by atoms with Gasteiger partial charge in [-0.1, -0.05) is 29.8 Å². The molecule has 4 aromatic rings. The Labute approximate surface area is 169 Å². The van der Waals surface area contributed by atoms with Crippen LogP contribution in [0.5, 0.6) is 0 Å². The van der Waals surface area contributed by atoms with Gasteiger partial charge in [0, 0.05) is 30.8 Å². The first-order valence-electron chi connectivity index (χ1n) is 9.53. The highest BCUT2D eigenvalue weighted by atomic mass is 19.1. The van der Waals surface area contributed by atoms with E-state index in [1.54, 1.807) is 12.1 Å². The van der Waals surface area contributed by atoms with Crippen LogP contribution in [0.15, 0.2) is 54.6 Å². The number of halogens is 1. The SMILES string of the molecule is Cc1ccc(-c2c(C)nn3c(-c4ccc(F)cc4)cc(N(C)CCO)nc23)cc1. The monoisotopic (exact) mass is 390 g/mol. The Morgan fingerprint density at radius 2 is 1.66 bits per heavy atom. The number of likely N-dealkylation sites (N-methyl/N-ethyl adjacent to an activating group) is 1. The second-order valence-electron chi connectivity index (χ2n) is 7.21. The Kier molecular flexibility index (Phi) is 5.03. The predicted molar refractivity (Wildman–Crippen MR) is 114 cm³/mol. The lowest BCUT2D eigenvalue weighted by molar-refractivity contribution is 0.304. The molecule has 6 heteroatoms. The second-order valence-corrected chi connectivity index (χ2v) is 7.21. The number of fused-ring (bicyclic) bond motifs is 1. The molecule has 2 aromatic carbocycles. The Morgan fingerprint density at radius 1 is 1.00 bits per heavy atom. The first kappa shape index (κ1) is 19.1. The van der Waals surface area contributed by atoms with Gasteiger partial charge in [-0.2, -0.15) is 5.10 Å². The van der Waals surface area contributed by atoms with Gasteiger partial charge >= 0.3 is 0 Å². The van der Waals surface area contributed by atoms with Crippen LogP contribution >= 0.6 is 0 Å². The number of aliphatic hydroxyl groups excluding tert-OH is 1. The normalized spacial score (nSPS) is 11.2. The molecule has 0 aliphatic carbocycles. The van der Waals surface area contributed by atoms with Crippen LogP contribution in [0.4, 0.5) is 10.2 Å². The van der Waals surface area contributed by atoms with Gasteiger partial charge in [0.2, 0.25) is 0 Å². The van der Waals surface area contributed by atoms with Crippen molar-refractivity contribution < 1.29 is 9.50 Å². The summed E-state index contributed by atoms with van der Waals surface area (Å²) in [6, 6.07) is 16.6. The molecular weight excluding hydrogens is 367 g/mol. The summed E-state index contributed by atoms with van der Waals surface area (Å²) in [5.74, 6) is 0.438. The maximum atomic E-state index is 13.5. The smallest absolute Gasteiger partial charge is 0.166 e. The molecule has 2 heterocycles. The summed E-state index contributed by atoms with van der Waals surface area (Å²) in [6.07, 6.45) is 0. The fourth-order valence-electron chi connectivity index (χ4n) is 3.46. The summed E-state index contributed by atoms with van der Waals surface area (Å²) in [6.45, 7) is 4.51. The highest BCUT2D eigenvalue weighted by Gasteiger charge is 2.19. The fraction of sp³-hybridized carbons (Fsp3) is 0.217. The van der Waals surface area contributed by atoms with Crippen LogP contribution in [0.25, 0.3) is 28.0 Å². The number of hydrogen-bond acceptors (Lipinski definition) is 4. The molecule has 4 rings (SSSR count). The molecule has 0 spiro atoms. The number of rotatable bonds is 5. The standard InChI is InChI=1S/C23H23FN4O/c1-15-4-6-18(7-5-15)22-16(2)26-28-20(17-8-10-19(24)11-9-17)14-21(25-23(22)28)27(3)12-13-29/h4-11,14,29H,12-13H2,1-3H3. The lowest BCUT2D eigenvalue weighted by Crippen LogP contribution is -2.22. The summed E-state index contributed by atoms with van der Waals surface area (Å²) in [5.41, 5.74) is 6.45. The minimum atomic E-state index is -0.284. The van der Waals surface area contributed by atoms with E-state index in [0.717, 1.165) is 39.5 Å². The van der Waals surface area contributed by atoms with E-state index in [9.17, 15) is 9.50 Å². The molecule has 0 aliphatic heterocycles. The highest BCUT2D eigenvalue weighted by Crippen LogP contribution is 2.32. The molecule has 0 amide bonds. The van der Waals surface area contributed by atoms with Crippen molar-refractivity contribution in [3.63, 3.8) is 0 Å². The van der Waals surface area contributed by atoms with Gasteiger partial charge < -0.3 is 10.0 Å². The summed E-state index contributed by atoms with van der Waals surface area (Å²) in [5, 5.41) is 14.1. The zero-order valence-corrected chi connectivity index (χ0v) is 16.7. The molecule has 2 aromatic heterocycles. The fourth-order valence-corrected chi connectivity index (χ4v) is 3.46. The van der Waals surface area contributed by atoms with Crippen molar-refractivity contribution in [1.29, 1.82) is 0 Å². The summed E-state index contributed by atoms with van der Waals surface area (Å²) < 4.78 is 15.3. The van der Waals surface area contributed by atoms with E-state index in [4.69, 9.17) is 10.1 Å². The van der Waals surface area contributed by atoms with E-state index in [1.165, 1.54) is 17.7 Å². The number of aryl methyl sites for hydroxylation is 2. The number of aromatic nitrogens is 3. The molecule has 0 fully saturated rings. The first-order chi connectivity index (χ1) is 14.0. The molecule has 0 unspecified atom stereocenters. The largest absolute Gasteiger partial charge is 0.395 e. The maximum absolute atomic E-state index is 13.5. The summed E-state index contributed by atoms with van der Waals surface area (Å²) >= 11 is 0. The van der Waals surface area contributed by atoms with Crippen molar-refractivity contribution in [2.75, 3.05) is 25.1 Å². The third kappa shape index (κ3) is 3.59. The van der Waals surface area contributed by atoms with Crippen LogP contribution in [0.3, 0.4) is 0 Å². The van der Waals surface area contributed by atoms with E-state index in [1.807, 2.05) is 29.5 Å². The van der Waals surface area contributed by atoms with E-state index in [0.29, 0.717) is 6.54 Å². The first-order valence-corrected chi connectivity index (χ1v) is 9.53. The molecule has 1 N–H and O–H groups in total. The van der Waals surface area contributed by atoms with E-state index >= 15 is 0 Å². The maximum Gasteiger partial charge on any atom is 0.166 e. The third-order valence-corrected chi connectivity index (χ3v) is 5.06. The highest BCUT2D eigenvalue weighted by molar-refractivity contribution is 5.83. The topological polar surface area (TPSA) is 53.7 Å². The Hall–Kier alpha value is -3.25. The molecule has 0 saturated heterocycles. The molecule has 0 atom stereocenters. The van der Waals surface area contributed by atoms with Crippen molar-refractivity contribution in [3.05, 3.63) is 71.7 Å². The van der Waals surface area contributed by atoms with Crippen LogP contribution in [0.1, 0.15) is 11.3 Å². The number of aliphatic hydroxyl groups is 1. The van der Waals surface area contributed by atoms with Gasteiger partial charge in [-0.15, -0.1) is 0 Å². The van der Waals surface area contributed by atoms with Crippen molar-refractivity contribution in [2.24, 2.45) is 0 Å². The van der Waals surface area contributed by atoms with Crippen LogP contribution in [-0.2, 0) is 0 Å². The molecule has 0 bridgehead atoms. The van der Waals surface area contributed by atoms with Crippen molar-refractivity contribution in [2.45, 2.75) is 13.8 Å². The minimum Gasteiger partial charge on any atom is -0.395 e. The molecule has 148 valence electrons. The van der Waals surface area contributed by atoms with Crippen LogP contribution in [0.2, 0.25) is 0 Å². The lowest BCUT2D eigenvalue weighted by atomic mass is 10.0. The van der Waals surface area contributed by atoms with Gasteiger partial charge in [-0.05, 0) is 43.7 Å².